The van der Waals surface area contributed by atoms with Crippen LogP contribution in [0.25, 0.3) is 17.0 Å². The fourth-order valence-corrected chi connectivity index (χ4v) is 5.50. The molecule has 7 nitrogen and oxygen atoms in total. The first-order valence-electron chi connectivity index (χ1n) is 15.8. The van der Waals surface area contributed by atoms with Gasteiger partial charge in [-0.2, -0.15) is 13.2 Å². The zero-order chi connectivity index (χ0) is 35.3. The van der Waals surface area contributed by atoms with Gasteiger partial charge in [0, 0.05) is 25.7 Å². The Kier molecular flexibility index (Phi) is 11.4. The smallest absolute Gasteiger partial charge is 0.453 e. The number of fused-ring (bicyclic) bond motifs is 1. The number of hydrogen-bond acceptors (Lipinski definition) is 7. The van der Waals surface area contributed by atoms with Crippen LogP contribution in [0.15, 0.2) is 63.8 Å². The number of methoxy groups -OCH3 is 1. The molecule has 0 amide bonds. The van der Waals surface area contributed by atoms with Crippen molar-refractivity contribution in [1.29, 1.82) is 0 Å². The molecule has 4 rings (SSSR count). The van der Waals surface area contributed by atoms with Gasteiger partial charge in [-0.05, 0) is 91.3 Å². The molecule has 0 fully saturated rings. The third-order valence-corrected chi connectivity index (χ3v) is 7.68. The quantitative estimate of drug-likeness (QED) is 0.0848. The minimum atomic E-state index is -5.07. The highest BCUT2D eigenvalue weighted by molar-refractivity contribution is 5.90. The molecule has 48 heavy (non-hydrogen) atoms. The van der Waals surface area contributed by atoms with E-state index < -0.39 is 29.1 Å². The lowest BCUT2D eigenvalue weighted by molar-refractivity contribution is -0.154. The van der Waals surface area contributed by atoms with Crippen LogP contribution in [0.5, 0.6) is 23.0 Å². The number of alkyl halides is 3. The van der Waals surface area contributed by atoms with E-state index in [2.05, 4.69) is 0 Å². The van der Waals surface area contributed by atoms with Gasteiger partial charge in [0.05, 0.1) is 18.1 Å². The van der Waals surface area contributed by atoms with Gasteiger partial charge in [0.1, 0.15) is 22.8 Å². The predicted molar refractivity (Wildman–Crippen MR) is 181 cm³/mol. The van der Waals surface area contributed by atoms with E-state index in [-0.39, 0.29) is 46.4 Å². The van der Waals surface area contributed by atoms with Gasteiger partial charge >= 0.3 is 12.1 Å². The van der Waals surface area contributed by atoms with Gasteiger partial charge < -0.3 is 18.6 Å². The van der Waals surface area contributed by atoms with E-state index in [9.17, 15) is 22.8 Å². The third-order valence-electron chi connectivity index (χ3n) is 7.68. The monoisotopic (exact) mass is 665 g/mol. The minimum Gasteiger partial charge on any atom is -0.497 e. The highest BCUT2D eigenvalue weighted by Gasteiger charge is 2.41. The summed E-state index contributed by atoms with van der Waals surface area (Å²) in [5.74, 6) is -2.08. The summed E-state index contributed by atoms with van der Waals surface area (Å²) in [5, 5.41) is -0.127. The van der Waals surface area contributed by atoms with E-state index in [0.717, 1.165) is 11.1 Å². The lowest BCUT2D eigenvalue weighted by atomic mass is 10.0. The first-order valence-corrected chi connectivity index (χ1v) is 15.8. The Bertz CT molecular complexity index is 1850. The van der Waals surface area contributed by atoms with E-state index in [1.165, 1.54) is 18.2 Å². The third kappa shape index (κ3) is 8.86. The van der Waals surface area contributed by atoms with Crippen LogP contribution in [-0.2, 0) is 17.5 Å². The molecule has 0 spiro atoms. The highest BCUT2D eigenvalue weighted by atomic mass is 19.4. The van der Waals surface area contributed by atoms with Crippen LogP contribution in [-0.4, -0.2) is 31.1 Å². The molecule has 0 radical (unpaired) electrons. The van der Waals surface area contributed by atoms with Crippen molar-refractivity contribution in [2.45, 2.75) is 61.2 Å². The fourth-order valence-electron chi connectivity index (χ4n) is 5.50. The molecule has 0 aliphatic heterocycles. The summed E-state index contributed by atoms with van der Waals surface area (Å²) in [6.07, 6.45) is -2.31. The number of esters is 1. The molecule has 256 valence electrons. The summed E-state index contributed by atoms with van der Waals surface area (Å²) in [6, 6.07) is 13.2. The largest absolute Gasteiger partial charge is 0.497 e. The lowest BCUT2D eigenvalue weighted by Crippen LogP contribution is -2.31. The lowest BCUT2D eigenvalue weighted by Gasteiger charge is -2.27. The van der Waals surface area contributed by atoms with Gasteiger partial charge in [0.15, 0.2) is 0 Å². The molecule has 0 N–H and O–H groups in total. The summed E-state index contributed by atoms with van der Waals surface area (Å²) < 4.78 is 66.2. The summed E-state index contributed by atoms with van der Waals surface area (Å²) in [6.45, 7) is 14.7. The highest BCUT2D eigenvalue weighted by Crippen LogP contribution is 2.41. The van der Waals surface area contributed by atoms with Crippen molar-refractivity contribution in [3.8, 4) is 23.0 Å². The van der Waals surface area contributed by atoms with Crippen molar-refractivity contribution in [3.05, 3.63) is 98.4 Å². The molecule has 0 aliphatic carbocycles. The van der Waals surface area contributed by atoms with Gasteiger partial charge in [-0.1, -0.05) is 45.9 Å². The Morgan fingerprint density at radius 2 is 1.58 bits per heavy atom. The number of carbonyl (C=O) groups is 1. The number of nitrogens with zero attached hydrogens (tertiary/aromatic N) is 1. The first kappa shape index (κ1) is 36.3. The van der Waals surface area contributed by atoms with E-state index >= 15 is 0 Å². The number of hydrogen-bond donors (Lipinski definition) is 0. The van der Waals surface area contributed by atoms with Crippen LogP contribution in [0.3, 0.4) is 0 Å². The van der Waals surface area contributed by atoms with Crippen molar-refractivity contribution in [2.75, 3.05) is 20.2 Å². The van der Waals surface area contributed by atoms with E-state index in [0.29, 0.717) is 30.0 Å². The average molecular weight is 666 g/mol. The number of aryl methyl sites for hydroxylation is 2. The maximum atomic E-state index is 14.7. The number of carbonyl (C=O) groups excluding carboxylic acids is 1. The molecular formula is C38H42F3NO6. The second-order valence-corrected chi connectivity index (χ2v) is 12.8. The van der Waals surface area contributed by atoms with Crippen LogP contribution in [0.2, 0.25) is 0 Å². The number of benzene rings is 3. The Hall–Kier alpha value is -4.57. The van der Waals surface area contributed by atoms with Crippen molar-refractivity contribution in [1.82, 2.24) is 4.90 Å². The molecule has 0 saturated heterocycles. The molecule has 3 aromatic carbocycles. The molecule has 0 atom stereocenters. The molecule has 0 unspecified atom stereocenters. The first-order chi connectivity index (χ1) is 22.6. The predicted octanol–water partition coefficient (Wildman–Crippen LogP) is 9.27. The topological polar surface area (TPSA) is 78.2 Å². The van der Waals surface area contributed by atoms with Gasteiger partial charge in [-0.25, -0.2) is 4.79 Å². The minimum absolute atomic E-state index is 0.0144. The zero-order valence-corrected chi connectivity index (χ0v) is 28.6. The van der Waals surface area contributed by atoms with Crippen molar-refractivity contribution < 1.29 is 36.6 Å². The van der Waals surface area contributed by atoms with Gasteiger partial charge in [0.25, 0.3) is 5.76 Å². The van der Waals surface area contributed by atoms with Gasteiger partial charge in [-0.3, -0.25) is 9.69 Å². The van der Waals surface area contributed by atoms with E-state index in [1.54, 1.807) is 57.4 Å². The van der Waals surface area contributed by atoms with Gasteiger partial charge in [0.2, 0.25) is 11.2 Å². The van der Waals surface area contributed by atoms with Crippen LogP contribution in [0, 0.1) is 32.6 Å². The van der Waals surface area contributed by atoms with E-state index in [4.69, 9.17) is 18.6 Å². The Labute approximate surface area is 278 Å². The Balaban J connectivity index is 1.88. The van der Waals surface area contributed by atoms with E-state index in [1.807, 2.05) is 45.6 Å². The second-order valence-electron chi connectivity index (χ2n) is 12.8. The number of ether oxygens (including phenoxy) is 3. The number of halogens is 3. The molecule has 1 aromatic heterocycles. The van der Waals surface area contributed by atoms with Gasteiger partial charge in [-0.15, -0.1) is 0 Å². The second kappa shape index (κ2) is 15.1. The molecule has 0 bridgehead atoms. The SMILES string of the molecule is COc1ccc(/C=C/C(=O)Oc2ccc3c(=O)c(Oc4cc(C)cc(C)c4C)c(C(F)(F)F)oc3c2CN(CC(C)C)CC(C)C)cc1. The molecule has 1 heterocycles. The van der Waals surface area contributed by atoms with Crippen molar-refractivity contribution >= 4 is 23.0 Å². The summed E-state index contributed by atoms with van der Waals surface area (Å²) in [5.41, 5.74) is 1.71. The normalized spacial score (nSPS) is 12.1. The molecule has 0 aliphatic rings. The molecule has 0 saturated carbocycles. The summed E-state index contributed by atoms with van der Waals surface area (Å²) >= 11 is 0. The maximum absolute atomic E-state index is 14.7. The molecule has 10 heteroatoms. The summed E-state index contributed by atoms with van der Waals surface area (Å²) in [4.78, 5) is 29.0. The van der Waals surface area contributed by atoms with Crippen molar-refractivity contribution in [2.24, 2.45) is 11.8 Å². The van der Waals surface area contributed by atoms with Crippen LogP contribution in [0.1, 0.15) is 61.3 Å². The maximum Gasteiger partial charge on any atom is 0.453 e. The molecular weight excluding hydrogens is 623 g/mol. The zero-order valence-electron chi connectivity index (χ0n) is 28.6. The van der Waals surface area contributed by atoms with Crippen LogP contribution in [0.4, 0.5) is 13.2 Å². The Morgan fingerprint density at radius 3 is 2.17 bits per heavy atom. The standard InChI is InChI=1S/C38H42F3NO6/c1-22(2)19-42(20-23(3)4)21-30-31(46-33(43)16-11-27-9-12-28(45-8)13-10-27)15-14-29-34(44)36(37(38(39,40)41)48-35(29)30)47-32-18-24(5)17-25(6)26(32)7/h9-18,22-23H,19-21H2,1-8H3/b16-11+. The Morgan fingerprint density at radius 1 is 0.938 bits per heavy atom. The van der Waals surface area contributed by atoms with Crippen LogP contribution >= 0.6 is 0 Å². The average Bonchev–Trinajstić information content (AvgIpc) is 2.99. The fraction of sp³-hybridized carbons (Fsp3) is 0.368. The van der Waals surface area contributed by atoms with Crippen LogP contribution < -0.4 is 19.6 Å². The number of rotatable bonds is 12. The van der Waals surface area contributed by atoms with Crippen molar-refractivity contribution in [3.63, 3.8) is 0 Å². The summed E-state index contributed by atoms with van der Waals surface area (Å²) in [7, 11) is 1.55. The molecule has 4 aromatic rings.